The molecule has 0 radical (unpaired) electrons. The number of carbonyl (C=O) groups excluding carboxylic acids is 5. The minimum Gasteiger partial charge on any atom is -0.494 e. The quantitative estimate of drug-likeness (QED) is 0.261. The second-order valence-electron chi connectivity index (χ2n) is 9.61. The highest BCUT2D eigenvalue weighted by Gasteiger charge is 2.39. The van der Waals surface area contributed by atoms with Crippen molar-refractivity contribution in [2.75, 3.05) is 6.61 Å². The molecule has 1 heterocycles. The maximum absolute atomic E-state index is 12.8. The van der Waals surface area contributed by atoms with Crippen LogP contribution in [0, 0.1) is 11.8 Å². The van der Waals surface area contributed by atoms with Crippen LogP contribution in [-0.2, 0) is 19.1 Å². The zero-order valence-electron chi connectivity index (χ0n) is 19.4. The lowest BCUT2D eigenvalue weighted by molar-refractivity contribution is -0.155. The molecule has 33 heavy (non-hydrogen) atoms. The molecule has 0 spiro atoms. The van der Waals surface area contributed by atoms with Crippen LogP contribution in [0.4, 0.5) is 0 Å². The first kappa shape index (κ1) is 24.6. The number of unbranched alkanes of at least 4 members (excludes halogenated alkanes) is 1. The number of ether oxygens (including phenoxy) is 2. The summed E-state index contributed by atoms with van der Waals surface area (Å²) in [5.41, 5.74) is 0.229. The molecule has 2 unspecified atom stereocenters. The van der Waals surface area contributed by atoms with Crippen LogP contribution < -0.4 is 10.1 Å². The summed E-state index contributed by atoms with van der Waals surface area (Å²) in [7, 11) is 0. The Morgan fingerprint density at radius 3 is 2.45 bits per heavy atom. The van der Waals surface area contributed by atoms with Crippen molar-refractivity contribution in [3.8, 4) is 5.75 Å². The van der Waals surface area contributed by atoms with Crippen molar-refractivity contribution in [2.45, 2.75) is 71.3 Å². The van der Waals surface area contributed by atoms with Gasteiger partial charge in [-0.3, -0.25) is 29.3 Å². The minimum atomic E-state index is -0.797. The van der Waals surface area contributed by atoms with Crippen LogP contribution in [0.1, 0.15) is 86.4 Å². The van der Waals surface area contributed by atoms with Crippen LogP contribution in [0.3, 0.4) is 0 Å². The number of nitrogens with one attached hydrogen (secondary N) is 1. The van der Waals surface area contributed by atoms with E-state index in [-0.39, 0.29) is 48.1 Å². The highest BCUT2D eigenvalue weighted by atomic mass is 16.6. The zero-order valence-corrected chi connectivity index (χ0v) is 19.4. The summed E-state index contributed by atoms with van der Waals surface area (Å²) in [6.07, 6.45) is 2.97. The molecule has 8 heteroatoms. The molecule has 8 nitrogen and oxygen atoms in total. The maximum Gasteiger partial charge on any atom is 0.306 e. The number of piperidine rings is 1. The number of Topliss-reactive ketones (excluding diaryl/α,β-unsaturated/α-hetero) is 2. The van der Waals surface area contributed by atoms with Crippen LogP contribution in [0.15, 0.2) is 18.2 Å². The summed E-state index contributed by atoms with van der Waals surface area (Å²) >= 11 is 0. The van der Waals surface area contributed by atoms with Gasteiger partial charge in [0.1, 0.15) is 11.4 Å². The third-order valence-electron chi connectivity index (χ3n) is 5.78. The van der Waals surface area contributed by atoms with Crippen molar-refractivity contribution in [2.24, 2.45) is 11.8 Å². The highest BCUT2D eigenvalue weighted by Crippen LogP contribution is 2.34. The number of hydrogen-bond donors (Lipinski definition) is 1. The summed E-state index contributed by atoms with van der Waals surface area (Å²) in [5.74, 6) is -1.99. The monoisotopic (exact) mass is 457 g/mol. The second-order valence-corrected chi connectivity index (χ2v) is 9.61. The molecule has 1 aromatic carbocycles. The predicted octanol–water partition coefficient (Wildman–Crippen LogP) is 3.41. The molecule has 0 saturated carbocycles. The lowest BCUT2D eigenvalue weighted by atomic mass is 9.88. The van der Waals surface area contributed by atoms with Crippen molar-refractivity contribution < 1.29 is 33.4 Å². The molecule has 1 saturated heterocycles. The molecule has 1 aliphatic heterocycles. The van der Waals surface area contributed by atoms with E-state index in [0.29, 0.717) is 55.6 Å². The number of benzene rings is 1. The first-order chi connectivity index (χ1) is 15.5. The van der Waals surface area contributed by atoms with Crippen molar-refractivity contribution in [3.63, 3.8) is 0 Å². The molecule has 1 N–H and O–H groups in total. The van der Waals surface area contributed by atoms with Gasteiger partial charge in [0, 0.05) is 29.9 Å². The number of fused-ring (bicyclic) bond motifs is 1. The van der Waals surface area contributed by atoms with E-state index in [0.717, 1.165) is 0 Å². The number of esters is 1. The Morgan fingerprint density at radius 1 is 1.03 bits per heavy atom. The number of carbonyl (C=O) groups is 5. The first-order valence-electron chi connectivity index (χ1n) is 11.5. The minimum absolute atomic E-state index is 0.230. The van der Waals surface area contributed by atoms with Crippen LogP contribution in [0.2, 0.25) is 0 Å². The van der Waals surface area contributed by atoms with E-state index in [4.69, 9.17) is 9.47 Å². The van der Waals surface area contributed by atoms with Gasteiger partial charge in [0.15, 0.2) is 11.6 Å². The number of imide groups is 1. The normalized spacial score (nSPS) is 20.5. The van der Waals surface area contributed by atoms with Crippen molar-refractivity contribution in [3.05, 3.63) is 29.3 Å². The van der Waals surface area contributed by atoms with Gasteiger partial charge in [0.25, 0.3) is 0 Å². The summed E-state index contributed by atoms with van der Waals surface area (Å²) in [6, 6.07) is 4.87. The Labute approximate surface area is 193 Å². The fraction of sp³-hybridized carbons (Fsp3) is 0.560. The molecule has 3 rings (SSSR count). The summed E-state index contributed by atoms with van der Waals surface area (Å²) in [6.45, 7) is 5.86. The van der Waals surface area contributed by atoms with Gasteiger partial charge in [-0.2, -0.15) is 0 Å². The number of rotatable bonds is 9. The lowest BCUT2D eigenvalue weighted by Crippen LogP contribution is -2.40. The molecule has 2 aliphatic rings. The van der Waals surface area contributed by atoms with Gasteiger partial charge < -0.3 is 9.47 Å². The molecule has 1 aromatic rings. The van der Waals surface area contributed by atoms with E-state index in [1.807, 2.05) is 20.8 Å². The third kappa shape index (κ3) is 6.49. The molecule has 0 aromatic heterocycles. The van der Waals surface area contributed by atoms with E-state index in [2.05, 4.69) is 5.32 Å². The second kappa shape index (κ2) is 10.3. The predicted molar refractivity (Wildman–Crippen MR) is 119 cm³/mol. The van der Waals surface area contributed by atoms with Crippen molar-refractivity contribution in [1.29, 1.82) is 0 Å². The van der Waals surface area contributed by atoms with E-state index < -0.39 is 11.5 Å². The van der Waals surface area contributed by atoms with Gasteiger partial charge in [-0.05, 0) is 71.1 Å². The summed E-state index contributed by atoms with van der Waals surface area (Å²) < 4.78 is 11.0. The summed E-state index contributed by atoms with van der Waals surface area (Å²) in [5, 5.41) is 2.31. The van der Waals surface area contributed by atoms with Gasteiger partial charge >= 0.3 is 5.97 Å². The Morgan fingerprint density at radius 2 is 1.76 bits per heavy atom. The molecule has 1 fully saturated rings. The van der Waals surface area contributed by atoms with Gasteiger partial charge in [-0.1, -0.05) is 0 Å². The Hall–Kier alpha value is -3.03. The maximum atomic E-state index is 12.8. The molecule has 2 atom stereocenters. The smallest absolute Gasteiger partial charge is 0.306 e. The van der Waals surface area contributed by atoms with Crippen LogP contribution >= 0.6 is 0 Å². The standard InChI is InChI=1S/C25H31NO7/c1-25(2,3)33-21(28)6-4-5-13-32-16-9-11-17-19(14-16)23(30)18(22(17)29)10-7-15-8-12-20(27)26-24(15)31/h9,11,14-15,18H,4-8,10,12-13H2,1-3H3,(H,26,27,31). The zero-order chi connectivity index (χ0) is 24.2. The lowest BCUT2D eigenvalue weighted by Gasteiger charge is -2.21. The van der Waals surface area contributed by atoms with Crippen LogP contribution in [-0.4, -0.2) is 41.6 Å². The topological polar surface area (TPSA) is 116 Å². The van der Waals surface area contributed by atoms with Gasteiger partial charge in [0.05, 0.1) is 12.5 Å². The fourth-order valence-electron chi connectivity index (χ4n) is 4.12. The molecular weight excluding hydrogens is 426 g/mol. The van der Waals surface area contributed by atoms with Crippen LogP contribution in [0.5, 0.6) is 5.75 Å². The van der Waals surface area contributed by atoms with Gasteiger partial charge in [0.2, 0.25) is 11.8 Å². The SMILES string of the molecule is CC(C)(C)OC(=O)CCCCOc1ccc2c(c1)C(=O)C(CCC1CCC(=O)NC1=O)C2=O. The molecule has 1 aliphatic carbocycles. The van der Waals surface area contributed by atoms with Gasteiger partial charge in [-0.25, -0.2) is 0 Å². The average Bonchev–Trinajstić information content (AvgIpc) is 2.95. The van der Waals surface area contributed by atoms with Crippen molar-refractivity contribution >= 4 is 29.4 Å². The Kier molecular flexibility index (Phi) is 7.66. The number of hydrogen-bond acceptors (Lipinski definition) is 7. The molecule has 0 bridgehead atoms. The number of ketones is 2. The molecule has 178 valence electrons. The van der Waals surface area contributed by atoms with E-state index in [9.17, 15) is 24.0 Å². The Balaban J connectivity index is 1.48. The van der Waals surface area contributed by atoms with Gasteiger partial charge in [-0.15, -0.1) is 0 Å². The van der Waals surface area contributed by atoms with Crippen molar-refractivity contribution in [1.82, 2.24) is 5.32 Å². The average molecular weight is 458 g/mol. The van der Waals surface area contributed by atoms with E-state index >= 15 is 0 Å². The Bertz CT molecular complexity index is 960. The first-order valence-corrected chi connectivity index (χ1v) is 11.5. The molecular formula is C25H31NO7. The fourth-order valence-corrected chi connectivity index (χ4v) is 4.12. The van der Waals surface area contributed by atoms with E-state index in [1.165, 1.54) is 0 Å². The molecule has 2 amide bonds. The van der Waals surface area contributed by atoms with E-state index in [1.54, 1.807) is 18.2 Å². The number of amides is 2. The largest absolute Gasteiger partial charge is 0.494 e. The third-order valence-corrected chi connectivity index (χ3v) is 5.78. The highest BCUT2D eigenvalue weighted by molar-refractivity contribution is 6.26. The van der Waals surface area contributed by atoms with Crippen LogP contribution in [0.25, 0.3) is 0 Å². The summed E-state index contributed by atoms with van der Waals surface area (Å²) in [4.78, 5) is 60.5.